The van der Waals surface area contributed by atoms with Gasteiger partial charge < -0.3 is 14.6 Å². The molecule has 0 aliphatic heterocycles. The van der Waals surface area contributed by atoms with E-state index in [1.54, 1.807) is 13.8 Å². The van der Waals surface area contributed by atoms with Gasteiger partial charge in [-0.1, -0.05) is 6.07 Å². The molecule has 170 valence electrons. The number of hydrogen-bond acceptors (Lipinski definition) is 6. The average Bonchev–Trinajstić information content (AvgIpc) is 3.17. The molecule has 1 aromatic carbocycles. The highest BCUT2D eigenvalue weighted by molar-refractivity contribution is 6.28. The van der Waals surface area contributed by atoms with Crippen molar-refractivity contribution >= 4 is 23.4 Å². The van der Waals surface area contributed by atoms with E-state index in [1.165, 1.54) is 22.9 Å². The summed E-state index contributed by atoms with van der Waals surface area (Å²) in [7, 11) is 0. The summed E-state index contributed by atoms with van der Waals surface area (Å²) in [6.45, 7) is 3.67. The number of imidazole rings is 1. The quantitative estimate of drug-likeness (QED) is 0.298. The number of rotatable bonds is 7. The van der Waals surface area contributed by atoms with Crippen LogP contribution in [0.15, 0.2) is 30.6 Å². The van der Waals surface area contributed by atoms with Crippen molar-refractivity contribution in [2.24, 2.45) is 0 Å². The first-order valence-electron chi connectivity index (χ1n) is 9.50. The number of carbonyl (C=O) groups is 1. The van der Waals surface area contributed by atoms with Crippen molar-refractivity contribution < 1.29 is 27.1 Å². The number of aromatic nitrogens is 4. The maximum absolute atomic E-state index is 14.8. The minimum atomic E-state index is -4.63. The third-order valence-corrected chi connectivity index (χ3v) is 4.58. The van der Waals surface area contributed by atoms with Crippen LogP contribution in [0.4, 0.5) is 23.4 Å². The molecule has 0 saturated carbocycles. The Morgan fingerprint density at radius 1 is 1.25 bits per heavy atom. The van der Waals surface area contributed by atoms with E-state index in [0.29, 0.717) is 5.56 Å². The van der Waals surface area contributed by atoms with Crippen LogP contribution in [0.2, 0.25) is 5.28 Å². The van der Waals surface area contributed by atoms with Crippen LogP contribution in [-0.2, 0) is 24.0 Å². The summed E-state index contributed by atoms with van der Waals surface area (Å²) in [6, 6.07) is 4.04. The van der Waals surface area contributed by atoms with Crippen LogP contribution in [0.3, 0.4) is 0 Å². The predicted octanol–water partition coefficient (Wildman–Crippen LogP) is 4.96. The second-order valence-electron chi connectivity index (χ2n) is 6.52. The first kappa shape index (κ1) is 23.5. The highest BCUT2D eigenvalue weighted by Crippen LogP contribution is 2.32. The van der Waals surface area contributed by atoms with E-state index in [9.17, 15) is 22.4 Å². The molecule has 0 amide bonds. The largest absolute Gasteiger partial charge is 0.462 e. The number of anilines is 1. The van der Waals surface area contributed by atoms with Gasteiger partial charge in [-0.3, -0.25) is 0 Å². The van der Waals surface area contributed by atoms with Crippen LogP contribution >= 0.6 is 11.6 Å². The minimum Gasteiger partial charge on any atom is -0.462 e. The number of benzene rings is 1. The van der Waals surface area contributed by atoms with E-state index in [2.05, 4.69) is 20.3 Å². The van der Waals surface area contributed by atoms with E-state index in [0.717, 1.165) is 12.3 Å². The number of alkyl halides is 3. The Kier molecular flexibility index (Phi) is 6.97. The highest BCUT2D eigenvalue weighted by Gasteiger charge is 2.35. The molecule has 12 heteroatoms. The fourth-order valence-corrected chi connectivity index (χ4v) is 3.03. The van der Waals surface area contributed by atoms with Crippen LogP contribution in [0, 0.1) is 5.82 Å². The predicted molar refractivity (Wildman–Crippen MR) is 109 cm³/mol. The van der Waals surface area contributed by atoms with Crippen LogP contribution in [0.1, 0.15) is 35.5 Å². The Morgan fingerprint density at radius 3 is 2.62 bits per heavy atom. The summed E-state index contributed by atoms with van der Waals surface area (Å²) in [5, 5.41) is 2.77. The van der Waals surface area contributed by atoms with E-state index in [4.69, 9.17) is 16.3 Å². The third kappa shape index (κ3) is 5.16. The fraction of sp³-hybridized carbons (Fsp3) is 0.300. The van der Waals surface area contributed by atoms with E-state index in [1.807, 2.05) is 0 Å². The van der Waals surface area contributed by atoms with Gasteiger partial charge in [0.1, 0.15) is 23.0 Å². The lowest BCUT2D eigenvalue weighted by atomic mass is 10.1. The lowest BCUT2D eigenvalue weighted by molar-refractivity contribution is -0.140. The number of ether oxygens (including phenoxy) is 1. The third-order valence-electron chi connectivity index (χ3n) is 4.40. The van der Waals surface area contributed by atoms with Crippen molar-refractivity contribution in [2.75, 3.05) is 11.9 Å². The second kappa shape index (κ2) is 9.51. The minimum absolute atomic E-state index is 0.0486. The molecule has 2 heterocycles. The standard InChI is InChI=1S/C20H18ClF4N5O2/c1-3-30-10-15(20(23,24)25)28-17(30)12-6-5-11(7-14(12)22)8-26-16-13(18(31)32-4-2)9-27-19(21)29-16/h5-7,9-10H,3-4,8H2,1-2H3,(H,26,27,29). The molecule has 3 aromatic rings. The lowest BCUT2D eigenvalue weighted by Gasteiger charge is -2.11. The van der Waals surface area contributed by atoms with E-state index in [-0.39, 0.29) is 47.7 Å². The van der Waals surface area contributed by atoms with Gasteiger partial charge in [0.25, 0.3) is 0 Å². The molecular formula is C20H18ClF4N5O2. The monoisotopic (exact) mass is 471 g/mol. The Bertz CT molecular complexity index is 1130. The summed E-state index contributed by atoms with van der Waals surface area (Å²) < 4.78 is 59.9. The average molecular weight is 472 g/mol. The van der Waals surface area contributed by atoms with Crippen molar-refractivity contribution in [2.45, 2.75) is 33.1 Å². The topological polar surface area (TPSA) is 81.9 Å². The summed E-state index contributed by atoms with van der Waals surface area (Å²) in [5.41, 5.74) is -0.658. The molecule has 7 nitrogen and oxygen atoms in total. The molecule has 32 heavy (non-hydrogen) atoms. The summed E-state index contributed by atoms with van der Waals surface area (Å²) in [4.78, 5) is 23.3. The number of hydrogen-bond donors (Lipinski definition) is 1. The normalized spacial score (nSPS) is 11.5. The second-order valence-corrected chi connectivity index (χ2v) is 6.86. The van der Waals surface area contributed by atoms with Gasteiger partial charge in [-0.15, -0.1) is 0 Å². The number of esters is 1. The number of aryl methyl sites for hydroxylation is 1. The lowest BCUT2D eigenvalue weighted by Crippen LogP contribution is -2.12. The Hall–Kier alpha value is -3.21. The van der Waals surface area contributed by atoms with E-state index >= 15 is 0 Å². The molecule has 0 radical (unpaired) electrons. The molecule has 0 spiro atoms. The molecule has 0 atom stereocenters. The number of nitrogens with one attached hydrogen (secondary N) is 1. The van der Waals surface area contributed by atoms with Gasteiger partial charge in [0, 0.05) is 25.5 Å². The summed E-state index contributed by atoms with van der Waals surface area (Å²) in [6.07, 6.45) is -2.58. The molecule has 0 unspecified atom stereocenters. The Morgan fingerprint density at radius 2 is 2.00 bits per heavy atom. The maximum Gasteiger partial charge on any atom is 0.434 e. The highest BCUT2D eigenvalue weighted by atomic mass is 35.5. The van der Waals surface area contributed by atoms with Gasteiger partial charge in [-0.05, 0) is 43.1 Å². The van der Waals surface area contributed by atoms with Crippen LogP contribution in [0.5, 0.6) is 0 Å². The zero-order valence-corrected chi connectivity index (χ0v) is 17.8. The van der Waals surface area contributed by atoms with Gasteiger partial charge in [-0.2, -0.15) is 18.2 Å². The zero-order valence-electron chi connectivity index (χ0n) is 17.0. The first-order valence-corrected chi connectivity index (χ1v) is 9.88. The number of nitrogens with zero attached hydrogens (tertiary/aromatic N) is 4. The van der Waals surface area contributed by atoms with Gasteiger partial charge >= 0.3 is 12.1 Å². The van der Waals surface area contributed by atoms with Gasteiger partial charge in [0.05, 0.1) is 12.2 Å². The van der Waals surface area contributed by atoms with Crippen LogP contribution < -0.4 is 5.32 Å². The first-order chi connectivity index (χ1) is 15.1. The molecule has 0 aliphatic rings. The van der Waals surface area contributed by atoms with E-state index < -0.39 is 23.7 Å². The molecule has 3 rings (SSSR count). The van der Waals surface area contributed by atoms with Gasteiger partial charge in [0.2, 0.25) is 5.28 Å². The molecular weight excluding hydrogens is 454 g/mol. The molecule has 0 fully saturated rings. The SMILES string of the molecule is CCOC(=O)c1cnc(Cl)nc1NCc1ccc(-c2nc(C(F)(F)F)cn2CC)c(F)c1. The smallest absolute Gasteiger partial charge is 0.434 e. The van der Waals surface area contributed by atoms with Crippen molar-refractivity contribution in [1.82, 2.24) is 19.5 Å². The Labute approximate surface area is 185 Å². The Balaban J connectivity index is 1.84. The van der Waals surface area contributed by atoms with Crippen molar-refractivity contribution in [1.29, 1.82) is 0 Å². The van der Waals surface area contributed by atoms with Crippen LogP contribution in [0.25, 0.3) is 11.4 Å². The molecule has 2 aromatic heterocycles. The van der Waals surface area contributed by atoms with Crippen molar-refractivity contribution in [3.63, 3.8) is 0 Å². The maximum atomic E-state index is 14.8. The molecule has 0 bridgehead atoms. The molecule has 1 N–H and O–H groups in total. The number of halogens is 5. The molecule has 0 saturated heterocycles. The summed E-state index contributed by atoms with van der Waals surface area (Å²) in [5.74, 6) is -1.42. The van der Waals surface area contributed by atoms with Crippen molar-refractivity contribution in [3.8, 4) is 11.4 Å². The van der Waals surface area contributed by atoms with Crippen molar-refractivity contribution in [3.05, 3.63) is 58.5 Å². The van der Waals surface area contributed by atoms with Gasteiger partial charge in [0.15, 0.2) is 5.69 Å². The van der Waals surface area contributed by atoms with Crippen LogP contribution in [-0.4, -0.2) is 32.1 Å². The zero-order chi connectivity index (χ0) is 23.5. The summed E-state index contributed by atoms with van der Waals surface area (Å²) >= 11 is 5.79. The fourth-order valence-electron chi connectivity index (χ4n) is 2.90. The van der Waals surface area contributed by atoms with Gasteiger partial charge in [-0.25, -0.2) is 19.2 Å². The number of carbonyl (C=O) groups excluding carboxylic acids is 1. The molecule has 0 aliphatic carbocycles.